The molecule has 0 amide bonds. The monoisotopic (exact) mass is 971 g/mol. The Morgan fingerprint density at radius 1 is 0.300 bits per heavy atom. The zero-order valence-corrected chi connectivity index (χ0v) is 45.5. The summed E-state index contributed by atoms with van der Waals surface area (Å²) in [5.41, 5.74) is 0. The van der Waals surface area contributed by atoms with Gasteiger partial charge in [0.05, 0.1) is 0 Å². The number of allylic oxidation sites excluding steroid dienone is 18. The number of carbonyl (C=O) groups is 3. The van der Waals surface area contributed by atoms with Crippen LogP contribution in [-0.4, -0.2) is 37.2 Å². The molecule has 0 aliphatic carbocycles. The van der Waals surface area contributed by atoms with Crippen molar-refractivity contribution in [2.24, 2.45) is 0 Å². The van der Waals surface area contributed by atoms with Crippen LogP contribution in [0.2, 0.25) is 0 Å². The Bertz CT molecular complexity index is 1440. The van der Waals surface area contributed by atoms with Crippen LogP contribution in [0.1, 0.15) is 258 Å². The molecule has 0 radical (unpaired) electrons. The lowest BCUT2D eigenvalue weighted by Gasteiger charge is -2.18. The predicted octanol–water partition coefficient (Wildman–Crippen LogP) is 19.5. The third-order valence-electron chi connectivity index (χ3n) is 12.0. The van der Waals surface area contributed by atoms with E-state index >= 15 is 0 Å². The van der Waals surface area contributed by atoms with Crippen molar-refractivity contribution in [1.82, 2.24) is 0 Å². The minimum Gasteiger partial charge on any atom is -0.462 e. The summed E-state index contributed by atoms with van der Waals surface area (Å²) in [5.74, 6) is -0.952. The number of hydrogen-bond donors (Lipinski definition) is 0. The van der Waals surface area contributed by atoms with Crippen LogP contribution in [0.4, 0.5) is 0 Å². The molecule has 0 aliphatic rings. The second kappa shape index (κ2) is 57.6. The Hall–Kier alpha value is -3.93. The molecule has 0 aliphatic heterocycles. The predicted molar refractivity (Wildman–Crippen MR) is 302 cm³/mol. The number of carbonyl (C=O) groups excluding carboxylic acids is 3. The molecule has 398 valence electrons. The molecule has 6 heteroatoms. The van der Waals surface area contributed by atoms with Crippen LogP contribution in [-0.2, 0) is 28.6 Å². The van der Waals surface area contributed by atoms with E-state index < -0.39 is 6.10 Å². The second-order valence-electron chi connectivity index (χ2n) is 18.8. The smallest absolute Gasteiger partial charge is 0.306 e. The van der Waals surface area contributed by atoms with Crippen LogP contribution in [0.15, 0.2) is 109 Å². The van der Waals surface area contributed by atoms with E-state index in [1.807, 2.05) is 0 Å². The van der Waals surface area contributed by atoms with E-state index in [0.29, 0.717) is 19.3 Å². The summed E-state index contributed by atoms with van der Waals surface area (Å²) < 4.78 is 16.8. The maximum atomic E-state index is 12.8. The van der Waals surface area contributed by atoms with Gasteiger partial charge in [-0.15, -0.1) is 0 Å². The molecule has 1 atom stereocenters. The van der Waals surface area contributed by atoms with Crippen molar-refractivity contribution >= 4 is 17.9 Å². The molecule has 0 N–H and O–H groups in total. The van der Waals surface area contributed by atoms with E-state index in [-0.39, 0.29) is 31.1 Å². The van der Waals surface area contributed by atoms with E-state index in [9.17, 15) is 14.4 Å². The second-order valence-corrected chi connectivity index (χ2v) is 18.8. The molecule has 0 aromatic carbocycles. The van der Waals surface area contributed by atoms with Crippen LogP contribution in [0.5, 0.6) is 0 Å². The molecule has 0 aromatic rings. The van der Waals surface area contributed by atoms with Gasteiger partial charge in [-0.05, 0) is 109 Å². The van der Waals surface area contributed by atoms with Gasteiger partial charge in [0.15, 0.2) is 6.10 Å². The largest absolute Gasteiger partial charge is 0.462 e. The third-order valence-corrected chi connectivity index (χ3v) is 12.0. The molecule has 0 saturated heterocycles. The molecular weight excluding hydrogens is 865 g/mol. The van der Waals surface area contributed by atoms with Gasteiger partial charge in [-0.3, -0.25) is 14.4 Å². The number of rotatable bonds is 51. The van der Waals surface area contributed by atoms with E-state index in [1.54, 1.807) is 0 Å². The summed E-state index contributed by atoms with van der Waals surface area (Å²) in [4.78, 5) is 38.0. The first kappa shape index (κ1) is 66.1. The molecule has 0 heterocycles. The summed E-state index contributed by atoms with van der Waals surface area (Å²) in [6.45, 7) is 6.46. The topological polar surface area (TPSA) is 78.9 Å². The van der Waals surface area contributed by atoms with Crippen LogP contribution in [0.3, 0.4) is 0 Å². The highest BCUT2D eigenvalue weighted by molar-refractivity contribution is 5.71. The lowest BCUT2D eigenvalue weighted by atomic mass is 10.1. The lowest BCUT2D eigenvalue weighted by molar-refractivity contribution is -0.167. The molecule has 0 saturated carbocycles. The zero-order valence-electron chi connectivity index (χ0n) is 45.5. The highest BCUT2D eigenvalue weighted by Gasteiger charge is 2.19. The van der Waals surface area contributed by atoms with Gasteiger partial charge in [-0.1, -0.05) is 239 Å². The average Bonchev–Trinajstić information content (AvgIpc) is 3.36. The van der Waals surface area contributed by atoms with Gasteiger partial charge in [-0.2, -0.15) is 0 Å². The van der Waals surface area contributed by atoms with Gasteiger partial charge < -0.3 is 14.2 Å². The Balaban J connectivity index is 4.37. The van der Waals surface area contributed by atoms with Crippen LogP contribution < -0.4 is 0 Å². The zero-order chi connectivity index (χ0) is 50.7. The number of ether oxygens (including phenoxy) is 3. The summed E-state index contributed by atoms with van der Waals surface area (Å²) in [6.07, 6.45) is 78.0. The highest BCUT2D eigenvalue weighted by atomic mass is 16.6. The fourth-order valence-electron chi connectivity index (χ4n) is 7.69. The SMILES string of the molecule is CC/C=C\C/C=C\C/C=C\C/C=C\C/C=C\C/C=C\C/C=C\C/C=C\CCCCC(=O)OCC(COC(=O)CCCCCCCCCCC)OC(=O)CCCCCCC/C=C\CCCCCCCCC. The van der Waals surface area contributed by atoms with Gasteiger partial charge in [0, 0.05) is 19.3 Å². The van der Waals surface area contributed by atoms with Gasteiger partial charge >= 0.3 is 17.9 Å². The number of esters is 3. The lowest BCUT2D eigenvalue weighted by Crippen LogP contribution is -2.30. The standard InChI is InChI=1S/C64H106O6/c1-4-7-10-13-16-19-21-23-25-27-28-29-30-31-32-33-34-35-36-37-39-40-42-45-48-51-54-57-63(66)69-60-61(59-68-62(65)56-53-50-47-44-18-15-12-9-6-3)70-64(67)58-55-52-49-46-43-41-38-26-24-22-20-17-14-11-8-5-2/h7,10,16,19,23,25-26,28-29,31-32,34-35,37-39,42,45,61H,4-6,8-9,11-15,17-18,20-22,24,27,30,33,36,40-41,43-44,46-60H2,1-3H3/b10-7-,19-16-,25-23-,29-28-,32-31-,35-34-,38-26-,39-37-,45-42-. The van der Waals surface area contributed by atoms with Crippen molar-refractivity contribution in [2.45, 2.75) is 264 Å². The van der Waals surface area contributed by atoms with E-state index in [0.717, 1.165) is 122 Å². The summed E-state index contributed by atoms with van der Waals surface area (Å²) in [5, 5.41) is 0. The molecule has 6 nitrogen and oxygen atoms in total. The Labute approximate surface area is 431 Å². The summed E-state index contributed by atoms with van der Waals surface area (Å²) in [6, 6.07) is 0. The van der Waals surface area contributed by atoms with Crippen molar-refractivity contribution in [2.75, 3.05) is 13.2 Å². The molecule has 0 fully saturated rings. The van der Waals surface area contributed by atoms with Gasteiger partial charge in [-0.25, -0.2) is 0 Å². The van der Waals surface area contributed by atoms with E-state index in [4.69, 9.17) is 14.2 Å². The molecule has 0 rings (SSSR count). The van der Waals surface area contributed by atoms with E-state index in [1.165, 1.54) is 96.3 Å². The molecule has 0 spiro atoms. The van der Waals surface area contributed by atoms with Crippen LogP contribution in [0, 0.1) is 0 Å². The molecule has 70 heavy (non-hydrogen) atoms. The van der Waals surface area contributed by atoms with Crippen molar-refractivity contribution < 1.29 is 28.6 Å². The average molecular weight is 972 g/mol. The fourth-order valence-corrected chi connectivity index (χ4v) is 7.69. The molecule has 0 bridgehead atoms. The maximum Gasteiger partial charge on any atom is 0.306 e. The maximum absolute atomic E-state index is 12.8. The van der Waals surface area contributed by atoms with Gasteiger partial charge in [0.25, 0.3) is 0 Å². The fraction of sp³-hybridized carbons (Fsp3) is 0.672. The highest BCUT2D eigenvalue weighted by Crippen LogP contribution is 2.14. The van der Waals surface area contributed by atoms with Crippen molar-refractivity contribution in [3.8, 4) is 0 Å². The molecular formula is C64H106O6. The minimum absolute atomic E-state index is 0.0949. The Kier molecular flexibility index (Phi) is 54.4. The Morgan fingerprint density at radius 3 is 0.914 bits per heavy atom. The summed E-state index contributed by atoms with van der Waals surface area (Å²) >= 11 is 0. The molecule has 0 aromatic heterocycles. The first-order valence-corrected chi connectivity index (χ1v) is 28.9. The quantitative estimate of drug-likeness (QED) is 0.0262. The van der Waals surface area contributed by atoms with Crippen molar-refractivity contribution in [1.29, 1.82) is 0 Å². The van der Waals surface area contributed by atoms with Crippen LogP contribution in [0.25, 0.3) is 0 Å². The van der Waals surface area contributed by atoms with Gasteiger partial charge in [0.1, 0.15) is 13.2 Å². The number of hydrogen-bond acceptors (Lipinski definition) is 6. The third kappa shape index (κ3) is 55.0. The first-order valence-electron chi connectivity index (χ1n) is 28.9. The van der Waals surface area contributed by atoms with E-state index in [2.05, 4.69) is 130 Å². The Morgan fingerprint density at radius 2 is 0.557 bits per heavy atom. The summed E-state index contributed by atoms with van der Waals surface area (Å²) in [7, 11) is 0. The minimum atomic E-state index is -0.799. The molecule has 1 unspecified atom stereocenters. The normalized spacial score (nSPS) is 12.9. The van der Waals surface area contributed by atoms with Crippen LogP contribution >= 0.6 is 0 Å². The van der Waals surface area contributed by atoms with Crippen molar-refractivity contribution in [3.05, 3.63) is 109 Å². The first-order chi connectivity index (χ1) is 34.5. The number of unbranched alkanes of at least 4 members (excludes halogenated alkanes) is 22. The van der Waals surface area contributed by atoms with Gasteiger partial charge in [0.2, 0.25) is 0 Å². The van der Waals surface area contributed by atoms with Crippen molar-refractivity contribution in [3.63, 3.8) is 0 Å².